The number of pyridine rings is 1. The number of aromatic nitrogens is 1. The van der Waals surface area contributed by atoms with E-state index >= 15 is 0 Å². The molecule has 1 aromatic heterocycles. The maximum Gasteiger partial charge on any atom is 0.128 e. The Hall–Kier alpha value is -0.800. The Morgan fingerprint density at radius 3 is 2.53 bits per heavy atom. The van der Waals surface area contributed by atoms with Crippen LogP contribution in [0.2, 0.25) is 5.02 Å². The van der Waals surface area contributed by atoms with Crippen molar-refractivity contribution in [2.45, 2.75) is 45.6 Å². The fraction of sp³-hybridized carbons (Fsp3) is 0.667. The standard InChI is InChI=1S/C15H24ClN3/c1-2-17-12-14-13(16)8-9-15(18-14)19-10-6-4-3-5-7-11-19/h8-9,17H,2-7,10-12H2,1H3. The second-order valence-electron chi connectivity index (χ2n) is 5.13. The summed E-state index contributed by atoms with van der Waals surface area (Å²) in [7, 11) is 0. The molecule has 1 N–H and O–H groups in total. The quantitative estimate of drug-likeness (QED) is 0.914. The van der Waals surface area contributed by atoms with Gasteiger partial charge in [-0.3, -0.25) is 0 Å². The molecule has 3 nitrogen and oxygen atoms in total. The van der Waals surface area contributed by atoms with Crippen molar-refractivity contribution in [3.05, 3.63) is 22.8 Å². The van der Waals surface area contributed by atoms with E-state index in [9.17, 15) is 0 Å². The third kappa shape index (κ3) is 4.36. The first kappa shape index (κ1) is 14.6. The zero-order valence-corrected chi connectivity index (χ0v) is 12.5. The molecule has 1 aliphatic rings. The molecule has 0 atom stereocenters. The molecule has 1 aliphatic heterocycles. The molecule has 0 amide bonds. The van der Waals surface area contributed by atoms with Crippen molar-refractivity contribution in [2.24, 2.45) is 0 Å². The Bertz CT molecular complexity index is 387. The van der Waals surface area contributed by atoms with Gasteiger partial charge in [-0.15, -0.1) is 0 Å². The maximum absolute atomic E-state index is 6.21. The van der Waals surface area contributed by atoms with Crippen molar-refractivity contribution in [1.82, 2.24) is 10.3 Å². The van der Waals surface area contributed by atoms with Crippen LogP contribution in [0.4, 0.5) is 5.82 Å². The minimum absolute atomic E-state index is 0.747. The normalized spacial score (nSPS) is 17.1. The van der Waals surface area contributed by atoms with Crippen LogP contribution >= 0.6 is 11.6 Å². The van der Waals surface area contributed by atoms with E-state index in [0.717, 1.165) is 42.7 Å². The fourth-order valence-electron chi connectivity index (χ4n) is 2.49. The SMILES string of the molecule is CCNCc1nc(N2CCCCCCC2)ccc1Cl. The van der Waals surface area contributed by atoms with Crippen LogP contribution in [0.15, 0.2) is 12.1 Å². The van der Waals surface area contributed by atoms with E-state index in [1.165, 1.54) is 32.1 Å². The van der Waals surface area contributed by atoms with Gasteiger partial charge in [0.15, 0.2) is 0 Å². The second-order valence-corrected chi connectivity index (χ2v) is 5.54. The minimum Gasteiger partial charge on any atom is -0.357 e. The molecular weight excluding hydrogens is 258 g/mol. The highest BCUT2D eigenvalue weighted by atomic mass is 35.5. The zero-order chi connectivity index (χ0) is 13.5. The van der Waals surface area contributed by atoms with Gasteiger partial charge in [0.05, 0.1) is 10.7 Å². The highest BCUT2D eigenvalue weighted by Gasteiger charge is 2.12. The van der Waals surface area contributed by atoms with E-state index in [4.69, 9.17) is 16.6 Å². The van der Waals surface area contributed by atoms with Crippen LogP contribution in [0, 0.1) is 0 Å². The number of nitrogens with zero attached hydrogens (tertiary/aromatic N) is 2. The number of hydrogen-bond acceptors (Lipinski definition) is 3. The van der Waals surface area contributed by atoms with Crippen molar-refractivity contribution in [2.75, 3.05) is 24.5 Å². The van der Waals surface area contributed by atoms with E-state index in [-0.39, 0.29) is 0 Å². The van der Waals surface area contributed by atoms with Gasteiger partial charge in [-0.05, 0) is 31.5 Å². The summed E-state index contributed by atoms with van der Waals surface area (Å²) >= 11 is 6.21. The Morgan fingerprint density at radius 1 is 1.16 bits per heavy atom. The molecule has 0 spiro atoms. The average molecular weight is 282 g/mol. The van der Waals surface area contributed by atoms with E-state index in [1.54, 1.807) is 0 Å². The second kappa shape index (κ2) is 7.71. The lowest BCUT2D eigenvalue weighted by atomic mass is 10.1. The van der Waals surface area contributed by atoms with Crippen LogP contribution in [0.25, 0.3) is 0 Å². The molecule has 2 heterocycles. The lowest BCUT2D eigenvalue weighted by Crippen LogP contribution is -2.28. The molecule has 1 saturated heterocycles. The number of nitrogens with one attached hydrogen (secondary N) is 1. The molecule has 1 fully saturated rings. The van der Waals surface area contributed by atoms with Crippen molar-refractivity contribution >= 4 is 17.4 Å². The molecule has 1 aromatic rings. The lowest BCUT2D eigenvalue weighted by molar-refractivity contribution is 0.553. The van der Waals surface area contributed by atoms with Crippen LogP contribution in [0.1, 0.15) is 44.7 Å². The summed E-state index contributed by atoms with van der Waals surface area (Å²) in [5.74, 6) is 1.08. The summed E-state index contributed by atoms with van der Waals surface area (Å²) in [5, 5.41) is 4.05. The summed E-state index contributed by atoms with van der Waals surface area (Å²) in [6.07, 6.45) is 6.61. The minimum atomic E-state index is 0.747. The Morgan fingerprint density at radius 2 is 1.84 bits per heavy atom. The Balaban J connectivity index is 2.09. The first-order chi connectivity index (χ1) is 9.31. The highest BCUT2D eigenvalue weighted by Crippen LogP contribution is 2.21. The largest absolute Gasteiger partial charge is 0.357 e. The molecule has 0 radical (unpaired) electrons. The third-order valence-electron chi connectivity index (χ3n) is 3.63. The molecule has 0 aromatic carbocycles. The van der Waals surface area contributed by atoms with E-state index in [1.807, 2.05) is 6.07 Å². The van der Waals surface area contributed by atoms with Crippen molar-refractivity contribution in [1.29, 1.82) is 0 Å². The number of anilines is 1. The summed E-state index contributed by atoms with van der Waals surface area (Å²) in [5.41, 5.74) is 0.961. The molecule has 0 bridgehead atoms. The number of rotatable bonds is 4. The number of halogens is 1. The molecule has 0 unspecified atom stereocenters. The van der Waals surface area contributed by atoms with E-state index in [2.05, 4.69) is 23.2 Å². The van der Waals surface area contributed by atoms with Crippen LogP contribution in [0.3, 0.4) is 0 Å². The van der Waals surface area contributed by atoms with Gasteiger partial charge in [0.1, 0.15) is 5.82 Å². The average Bonchev–Trinajstić information content (AvgIpc) is 2.38. The molecule has 19 heavy (non-hydrogen) atoms. The van der Waals surface area contributed by atoms with Gasteiger partial charge in [-0.2, -0.15) is 0 Å². The van der Waals surface area contributed by atoms with Gasteiger partial charge in [-0.25, -0.2) is 4.98 Å². The predicted molar refractivity (Wildman–Crippen MR) is 81.9 cm³/mol. The van der Waals surface area contributed by atoms with Crippen LogP contribution < -0.4 is 10.2 Å². The van der Waals surface area contributed by atoms with Gasteiger partial charge in [0.25, 0.3) is 0 Å². The monoisotopic (exact) mass is 281 g/mol. The first-order valence-electron chi connectivity index (χ1n) is 7.42. The topological polar surface area (TPSA) is 28.2 Å². The number of hydrogen-bond donors (Lipinski definition) is 1. The molecular formula is C15H24ClN3. The van der Waals surface area contributed by atoms with Gasteiger partial charge >= 0.3 is 0 Å². The van der Waals surface area contributed by atoms with Crippen LogP contribution in [0.5, 0.6) is 0 Å². The Kier molecular flexibility index (Phi) is 5.93. The Labute approximate surface area is 121 Å². The van der Waals surface area contributed by atoms with Gasteiger partial charge in [0, 0.05) is 19.6 Å². The summed E-state index contributed by atoms with van der Waals surface area (Å²) in [4.78, 5) is 7.14. The smallest absolute Gasteiger partial charge is 0.128 e. The fourth-order valence-corrected chi connectivity index (χ4v) is 2.66. The molecule has 0 saturated carbocycles. The van der Waals surface area contributed by atoms with Crippen LogP contribution in [-0.4, -0.2) is 24.6 Å². The molecule has 4 heteroatoms. The van der Waals surface area contributed by atoms with Gasteiger partial charge in [0.2, 0.25) is 0 Å². The molecule has 2 rings (SSSR count). The predicted octanol–water partition coefficient (Wildman–Crippen LogP) is 3.62. The van der Waals surface area contributed by atoms with Crippen molar-refractivity contribution in [3.63, 3.8) is 0 Å². The molecule has 106 valence electrons. The van der Waals surface area contributed by atoms with Gasteiger partial charge < -0.3 is 10.2 Å². The van der Waals surface area contributed by atoms with Crippen LogP contribution in [-0.2, 0) is 6.54 Å². The summed E-state index contributed by atoms with van der Waals surface area (Å²) in [6.45, 7) is 6.02. The van der Waals surface area contributed by atoms with E-state index in [0.29, 0.717) is 0 Å². The summed E-state index contributed by atoms with van der Waals surface area (Å²) in [6, 6.07) is 4.04. The lowest BCUT2D eigenvalue weighted by Gasteiger charge is -2.26. The van der Waals surface area contributed by atoms with E-state index < -0.39 is 0 Å². The van der Waals surface area contributed by atoms with Crippen molar-refractivity contribution < 1.29 is 0 Å². The zero-order valence-electron chi connectivity index (χ0n) is 11.8. The molecule has 0 aliphatic carbocycles. The first-order valence-corrected chi connectivity index (χ1v) is 7.80. The maximum atomic E-state index is 6.21. The summed E-state index contributed by atoms with van der Waals surface area (Å²) < 4.78 is 0. The van der Waals surface area contributed by atoms with Gasteiger partial charge in [-0.1, -0.05) is 37.8 Å². The third-order valence-corrected chi connectivity index (χ3v) is 3.97. The highest BCUT2D eigenvalue weighted by molar-refractivity contribution is 6.31. The van der Waals surface area contributed by atoms with Crippen molar-refractivity contribution in [3.8, 4) is 0 Å².